The van der Waals surface area contributed by atoms with Gasteiger partial charge in [0, 0.05) is 5.56 Å². The summed E-state index contributed by atoms with van der Waals surface area (Å²) in [7, 11) is 0. The largest absolute Gasteiger partial charge is 0.330 e. The molecule has 0 N–H and O–H groups in total. The summed E-state index contributed by atoms with van der Waals surface area (Å²) >= 11 is 6.01. The maximum absolute atomic E-state index is 8.74. The van der Waals surface area contributed by atoms with Crippen molar-refractivity contribution in [3.8, 4) is 12.1 Å². The van der Waals surface area contributed by atoms with Crippen LogP contribution in [0.3, 0.4) is 0 Å². The highest BCUT2D eigenvalue weighted by atomic mass is 35.5. The van der Waals surface area contributed by atoms with E-state index in [4.69, 9.17) is 22.1 Å². The summed E-state index contributed by atoms with van der Waals surface area (Å²) < 4.78 is 0. The Balaban J connectivity index is 3.14. The molecule has 0 fully saturated rings. The number of hydrogen-bond acceptors (Lipinski definition) is 5. The van der Waals surface area contributed by atoms with Crippen molar-refractivity contribution < 1.29 is 0 Å². The maximum atomic E-state index is 8.74. The quantitative estimate of drug-likeness (QED) is 0.589. The number of anilines is 1. The lowest BCUT2D eigenvalue weighted by atomic mass is 10.1. The van der Waals surface area contributed by atoms with Crippen LogP contribution in [0.2, 0.25) is 5.15 Å². The van der Waals surface area contributed by atoms with Gasteiger partial charge in [0.05, 0.1) is 12.1 Å². The lowest BCUT2D eigenvalue weighted by molar-refractivity contribution is 0.857. The average Bonchev–Trinajstić information content (AvgIpc) is 2.32. The molecule has 0 spiro atoms. The van der Waals surface area contributed by atoms with Crippen LogP contribution in [0.5, 0.6) is 0 Å². The van der Waals surface area contributed by atoms with Gasteiger partial charge in [-0.25, -0.2) is 9.97 Å². The Labute approximate surface area is 105 Å². The van der Waals surface area contributed by atoms with Gasteiger partial charge in [-0.3, -0.25) is 0 Å². The molecule has 0 amide bonds. The first-order chi connectivity index (χ1) is 8.24. The number of nitrogens with zero attached hydrogens (tertiary/aromatic N) is 5. The van der Waals surface area contributed by atoms with E-state index in [1.165, 1.54) is 6.33 Å². The second-order valence-corrected chi connectivity index (χ2v) is 3.75. The van der Waals surface area contributed by atoms with E-state index >= 15 is 0 Å². The fourth-order valence-corrected chi connectivity index (χ4v) is 1.72. The molecule has 0 bridgehead atoms. The Bertz CT molecular complexity index is 444. The van der Waals surface area contributed by atoms with E-state index in [1.54, 1.807) is 4.90 Å². The van der Waals surface area contributed by atoms with Gasteiger partial charge in [-0.15, -0.1) is 0 Å². The minimum Gasteiger partial charge on any atom is -0.330 e. The summed E-state index contributed by atoms with van der Waals surface area (Å²) in [5.41, 5.74) is 0.794. The van der Waals surface area contributed by atoms with Crippen LogP contribution in [0.15, 0.2) is 6.33 Å². The highest BCUT2D eigenvalue weighted by molar-refractivity contribution is 6.30. The van der Waals surface area contributed by atoms with Gasteiger partial charge in [-0.2, -0.15) is 10.5 Å². The van der Waals surface area contributed by atoms with Gasteiger partial charge in [-0.1, -0.05) is 24.9 Å². The lowest BCUT2D eigenvalue weighted by Gasteiger charge is -2.20. The van der Waals surface area contributed by atoms with Crippen LogP contribution in [0.4, 0.5) is 5.82 Å². The molecule has 0 aliphatic heterocycles. The van der Waals surface area contributed by atoms with Crippen LogP contribution in [0.25, 0.3) is 0 Å². The molecule has 88 valence electrons. The molecular formula is C11H12ClN5. The van der Waals surface area contributed by atoms with E-state index in [0.717, 1.165) is 18.4 Å². The first-order valence-corrected chi connectivity index (χ1v) is 5.60. The molecule has 6 heteroatoms. The molecule has 1 heterocycles. The topological polar surface area (TPSA) is 76.6 Å². The zero-order valence-corrected chi connectivity index (χ0v) is 10.3. The highest BCUT2D eigenvalue weighted by Crippen LogP contribution is 2.24. The number of halogens is 1. The smallest absolute Gasteiger partial charge is 0.138 e. The molecule has 0 saturated heterocycles. The third-order valence-corrected chi connectivity index (χ3v) is 2.52. The SMILES string of the molecule is CCCc1c(Cl)ncnc1N(CC#N)CC#N. The molecule has 0 aliphatic carbocycles. The molecule has 0 aliphatic rings. The standard InChI is InChI=1S/C11H12ClN5/c1-2-3-9-10(12)15-8-16-11(9)17(6-4-13)7-5-14/h8H,2-3,6-7H2,1H3. The van der Waals surface area contributed by atoms with Crippen molar-refractivity contribution in [3.05, 3.63) is 17.0 Å². The van der Waals surface area contributed by atoms with Crippen molar-refractivity contribution >= 4 is 17.4 Å². The summed E-state index contributed by atoms with van der Waals surface area (Å²) in [5, 5.41) is 17.9. The Morgan fingerprint density at radius 1 is 1.29 bits per heavy atom. The predicted octanol–water partition coefficient (Wildman–Crippen LogP) is 1.94. The molecule has 5 nitrogen and oxygen atoms in total. The summed E-state index contributed by atoms with van der Waals surface area (Å²) in [5.74, 6) is 0.579. The molecule has 0 unspecified atom stereocenters. The first-order valence-electron chi connectivity index (χ1n) is 5.22. The minimum absolute atomic E-state index is 0.109. The molecule has 1 aromatic heterocycles. The van der Waals surface area contributed by atoms with Crippen LogP contribution >= 0.6 is 11.6 Å². The molecular weight excluding hydrogens is 238 g/mol. The van der Waals surface area contributed by atoms with Crippen LogP contribution in [0.1, 0.15) is 18.9 Å². The van der Waals surface area contributed by atoms with Gasteiger partial charge < -0.3 is 4.90 Å². The van der Waals surface area contributed by atoms with Crippen molar-refractivity contribution in [3.63, 3.8) is 0 Å². The second-order valence-electron chi connectivity index (χ2n) is 3.39. The summed E-state index contributed by atoms with van der Waals surface area (Å²) in [4.78, 5) is 9.64. The van der Waals surface area contributed by atoms with Crippen molar-refractivity contribution in [2.45, 2.75) is 19.8 Å². The average molecular weight is 250 g/mol. The van der Waals surface area contributed by atoms with E-state index in [-0.39, 0.29) is 13.1 Å². The van der Waals surface area contributed by atoms with E-state index in [0.29, 0.717) is 11.0 Å². The van der Waals surface area contributed by atoms with Crippen LogP contribution in [-0.4, -0.2) is 23.1 Å². The Hall–Kier alpha value is -1.85. The van der Waals surface area contributed by atoms with Gasteiger partial charge >= 0.3 is 0 Å². The van der Waals surface area contributed by atoms with Gasteiger partial charge in [0.25, 0.3) is 0 Å². The minimum atomic E-state index is 0.109. The summed E-state index contributed by atoms with van der Waals surface area (Å²) in [6, 6.07) is 4.02. The third kappa shape index (κ3) is 3.30. The van der Waals surface area contributed by atoms with Crippen LogP contribution in [0, 0.1) is 22.7 Å². The number of aromatic nitrogens is 2. The fraction of sp³-hybridized carbons (Fsp3) is 0.455. The number of nitriles is 2. The third-order valence-electron chi connectivity index (χ3n) is 2.19. The molecule has 0 radical (unpaired) electrons. The van der Waals surface area contributed by atoms with Crippen molar-refractivity contribution in [2.24, 2.45) is 0 Å². The van der Waals surface area contributed by atoms with Crippen LogP contribution in [-0.2, 0) is 6.42 Å². The Morgan fingerprint density at radius 2 is 1.94 bits per heavy atom. The molecule has 1 aromatic rings. The molecule has 1 rings (SSSR count). The zero-order valence-electron chi connectivity index (χ0n) is 9.52. The van der Waals surface area contributed by atoms with E-state index in [2.05, 4.69) is 9.97 Å². The highest BCUT2D eigenvalue weighted by Gasteiger charge is 2.15. The number of hydrogen-bond donors (Lipinski definition) is 0. The summed E-state index contributed by atoms with van der Waals surface area (Å²) in [6.45, 7) is 2.24. The summed E-state index contributed by atoms with van der Waals surface area (Å²) in [6.07, 6.45) is 2.97. The Kier molecular flexibility index (Phi) is 5.19. The first kappa shape index (κ1) is 13.2. The zero-order chi connectivity index (χ0) is 12.7. The van der Waals surface area contributed by atoms with Gasteiger partial charge in [0.2, 0.25) is 0 Å². The molecule has 0 aromatic carbocycles. The van der Waals surface area contributed by atoms with Gasteiger partial charge in [0.15, 0.2) is 0 Å². The van der Waals surface area contributed by atoms with E-state index in [1.807, 2.05) is 19.1 Å². The second kappa shape index (κ2) is 6.67. The molecule has 0 saturated carbocycles. The van der Waals surface area contributed by atoms with Gasteiger partial charge in [0.1, 0.15) is 30.4 Å². The monoisotopic (exact) mass is 249 g/mol. The predicted molar refractivity (Wildman–Crippen MR) is 64.5 cm³/mol. The molecule has 17 heavy (non-hydrogen) atoms. The lowest BCUT2D eigenvalue weighted by Crippen LogP contribution is -2.26. The van der Waals surface area contributed by atoms with Crippen molar-refractivity contribution in [1.82, 2.24) is 9.97 Å². The van der Waals surface area contributed by atoms with Crippen molar-refractivity contribution in [1.29, 1.82) is 10.5 Å². The Morgan fingerprint density at radius 3 is 2.47 bits per heavy atom. The van der Waals surface area contributed by atoms with Crippen LogP contribution < -0.4 is 4.90 Å². The fourth-order valence-electron chi connectivity index (χ4n) is 1.50. The normalized spacial score (nSPS) is 9.41. The van der Waals surface area contributed by atoms with E-state index in [9.17, 15) is 0 Å². The maximum Gasteiger partial charge on any atom is 0.138 e. The molecule has 0 atom stereocenters. The van der Waals surface area contributed by atoms with Gasteiger partial charge in [-0.05, 0) is 6.42 Å². The van der Waals surface area contributed by atoms with E-state index < -0.39 is 0 Å². The number of rotatable bonds is 5. The van der Waals surface area contributed by atoms with Crippen molar-refractivity contribution in [2.75, 3.05) is 18.0 Å².